The zero-order valence-corrected chi connectivity index (χ0v) is 13.2. The van der Waals surface area contributed by atoms with Gasteiger partial charge >= 0.3 is 5.97 Å². The van der Waals surface area contributed by atoms with E-state index >= 15 is 0 Å². The predicted octanol–water partition coefficient (Wildman–Crippen LogP) is 2.68. The number of carbonyl (C=O) groups excluding carboxylic acids is 1. The quantitative estimate of drug-likeness (QED) is 0.758. The molecular formula is C16H16ClNO5. The monoisotopic (exact) mass is 337 g/mol. The third kappa shape index (κ3) is 4.75. The number of carboxylic acid groups (broad SMARTS) is 1. The summed E-state index contributed by atoms with van der Waals surface area (Å²) in [6.07, 6.45) is 1.03. The van der Waals surface area contributed by atoms with Crippen molar-refractivity contribution in [3.63, 3.8) is 0 Å². The van der Waals surface area contributed by atoms with Crippen molar-refractivity contribution in [3.8, 4) is 5.75 Å². The number of amides is 1. The molecule has 7 heteroatoms. The molecule has 2 rings (SSSR count). The molecule has 1 heterocycles. The van der Waals surface area contributed by atoms with Crippen LogP contribution in [0.15, 0.2) is 34.9 Å². The van der Waals surface area contributed by atoms with Crippen molar-refractivity contribution >= 4 is 23.5 Å². The number of benzene rings is 1. The topological polar surface area (TPSA) is 88.8 Å². The first-order chi connectivity index (χ1) is 11.0. The van der Waals surface area contributed by atoms with Gasteiger partial charge in [-0.15, -0.1) is 0 Å². The van der Waals surface area contributed by atoms with Crippen LogP contribution in [0, 0.1) is 6.92 Å². The zero-order valence-electron chi connectivity index (χ0n) is 12.5. The van der Waals surface area contributed by atoms with Crippen LogP contribution in [0.5, 0.6) is 5.75 Å². The number of ether oxygens (including phenoxy) is 1. The minimum Gasteiger partial charge on any atom is -0.492 e. The Labute approximate surface area is 138 Å². The van der Waals surface area contributed by atoms with E-state index in [1.165, 1.54) is 6.26 Å². The molecule has 2 aromatic rings. The van der Waals surface area contributed by atoms with Crippen molar-refractivity contribution in [2.75, 3.05) is 13.2 Å². The number of aryl methyl sites for hydroxylation is 1. The van der Waals surface area contributed by atoms with Crippen LogP contribution in [0.4, 0.5) is 0 Å². The first-order valence-electron chi connectivity index (χ1n) is 6.92. The molecule has 6 nitrogen and oxygen atoms in total. The van der Waals surface area contributed by atoms with Crippen LogP contribution in [-0.2, 0) is 11.2 Å². The largest absolute Gasteiger partial charge is 0.492 e. The van der Waals surface area contributed by atoms with Gasteiger partial charge < -0.3 is 19.6 Å². The highest BCUT2D eigenvalue weighted by Gasteiger charge is 2.20. The molecule has 0 fully saturated rings. The van der Waals surface area contributed by atoms with Crippen LogP contribution in [0.2, 0.25) is 5.02 Å². The summed E-state index contributed by atoms with van der Waals surface area (Å²) in [5, 5.41) is 12.1. The van der Waals surface area contributed by atoms with E-state index in [4.69, 9.17) is 25.9 Å². The van der Waals surface area contributed by atoms with Crippen molar-refractivity contribution in [1.29, 1.82) is 0 Å². The van der Waals surface area contributed by atoms with E-state index in [-0.39, 0.29) is 36.8 Å². The van der Waals surface area contributed by atoms with Crippen LogP contribution in [-0.4, -0.2) is 30.1 Å². The second-order valence-electron chi connectivity index (χ2n) is 4.85. The summed E-state index contributed by atoms with van der Waals surface area (Å²) >= 11 is 5.84. The Balaban J connectivity index is 1.88. The fourth-order valence-corrected chi connectivity index (χ4v) is 2.23. The molecule has 1 aromatic heterocycles. The van der Waals surface area contributed by atoms with Gasteiger partial charge in [-0.3, -0.25) is 9.59 Å². The maximum Gasteiger partial charge on any atom is 0.311 e. The van der Waals surface area contributed by atoms with Crippen LogP contribution >= 0.6 is 11.6 Å². The number of hydrogen-bond donors (Lipinski definition) is 2. The standard InChI is InChI=1S/C16H16ClNO5/c1-10-9-23-13(8-14(19)20)15(10)16(21)18-5-6-22-12-4-2-3-11(17)7-12/h2-4,7,9H,5-6,8H2,1H3,(H,18,21)(H,19,20). The van der Waals surface area contributed by atoms with Gasteiger partial charge in [0.25, 0.3) is 5.91 Å². The smallest absolute Gasteiger partial charge is 0.311 e. The van der Waals surface area contributed by atoms with Crippen molar-refractivity contribution in [3.05, 3.63) is 52.4 Å². The number of hydrogen-bond acceptors (Lipinski definition) is 4. The Bertz CT molecular complexity index is 710. The maximum atomic E-state index is 12.2. The summed E-state index contributed by atoms with van der Waals surface area (Å²) in [4.78, 5) is 22.9. The van der Waals surface area contributed by atoms with E-state index in [9.17, 15) is 9.59 Å². The van der Waals surface area contributed by atoms with Crippen LogP contribution in [0.25, 0.3) is 0 Å². The van der Waals surface area contributed by atoms with E-state index < -0.39 is 5.97 Å². The molecule has 0 aliphatic heterocycles. The molecular weight excluding hydrogens is 322 g/mol. The van der Waals surface area contributed by atoms with Gasteiger partial charge in [-0.2, -0.15) is 0 Å². The number of carbonyl (C=O) groups is 2. The van der Waals surface area contributed by atoms with E-state index in [1.54, 1.807) is 31.2 Å². The first-order valence-corrected chi connectivity index (χ1v) is 7.30. The number of furan rings is 1. The Morgan fingerprint density at radius 3 is 2.87 bits per heavy atom. The predicted molar refractivity (Wildman–Crippen MR) is 84.1 cm³/mol. The lowest BCUT2D eigenvalue weighted by molar-refractivity contribution is -0.136. The first kappa shape index (κ1) is 16.9. The molecule has 0 spiro atoms. The van der Waals surface area contributed by atoms with Gasteiger partial charge in [0.05, 0.1) is 18.4 Å². The summed E-state index contributed by atoms with van der Waals surface area (Å²) in [7, 11) is 0. The molecule has 0 saturated heterocycles. The maximum absolute atomic E-state index is 12.2. The van der Waals surface area contributed by atoms with Crippen molar-refractivity contribution in [1.82, 2.24) is 5.32 Å². The SMILES string of the molecule is Cc1coc(CC(=O)O)c1C(=O)NCCOc1cccc(Cl)c1. The highest BCUT2D eigenvalue weighted by molar-refractivity contribution is 6.30. The molecule has 0 radical (unpaired) electrons. The summed E-state index contributed by atoms with van der Waals surface area (Å²) in [5.41, 5.74) is 0.852. The minimum absolute atomic E-state index is 0.142. The average Bonchev–Trinajstić information content (AvgIpc) is 2.83. The van der Waals surface area contributed by atoms with Gasteiger partial charge in [0.15, 0.2) is 0 Å². The second kappa shape index (κ2) is 7.69. The van der Waals surface area contributed by atoms with Gasteiger partial charge in [0, 0.05) is 10.6 Å². The number of carboxylic acids is 1. The molecule has 0 bridgehead atoms. The molecule has 23 heavy (non-hydrogen) atoms. The zero-order chi connectivity index (χ0) is 16.8. The van der Waals surface area contributed by atoms with Gasteiger partial charge in [-0.05, 0) is 25.1 Å². The van der Waals surface area contributed by atoms with E-state index in [1.807, 2.05) is 0 Å². The summed E-state index contributed by atoms with van der Waals surface area (Å²) in [6, 6.07) is 6.94. The number of aliphatic carboxylic acids is 1. The number of nitrogens with one attached hydrogen (secondary N) is 1. The molecule has 0 unspecified atom stereocenters. The molecule has 0 atom stereocenters. The Hall–Kier alpha value is -2.47. The van der Waals surface area contributed by atoms with E-state index in [0.29, 0.717) is 16.3 Å². The van der Waals surface area contributed by atoms with Gasteiger partial charge in [0.2, 0.25) is 0 Å². The van der Waals surface area contributed by atoms with Gasteiger partial charge in [0.1, 0.15) is 24.5 Å². The van der Waals surface area contributed by atoms with E-state index in [0.717, 1.165) is 0 Å². The van der Waals surface area contributed by atoms with Crippen LogP contribution in [0.1, 0.15) is 21.7 Å². The molecule has 1 amide bonds. The Kier molecular flexibility index (Phi) is 5.65. The van der Waals surface area contributed by atoms with Crippen LogP contribution in [0.3, 0.4) is 0 Å². The van der Waals surface area contributed by atoms with Crippen molar-refractivity contribution in [2.45, 2.75) is 13.3 Å². The minimum atomic E-state index is -1.06. The molecule has 0 aliphatic carbocycles. The summed E-state index contributed by atoms with van der Waals surface area (Å²) < 4.78 is 10.6. The molecule has 2 N–H and O–H groups in total. The number of rotatable bonds is 7. The molecule has 122 valence electrons. The summed E-state index contributed by atoms with van der Waals surface area (Å²) in [6.45, 7) is 2.21. The molecule has 0 aliphatic rings. The third-order valence-corrected chi connectivity index (χ3v) is 3.28. The van der Waals surface area contributed by atoms with Crippen molar-refractivity contribution in [2.24, 2.45) is 0 Å². The third-order valence-electron chi connectivity index (χ3n) is 3.04. The Morgan fingerprint density at radius 2 is 2.17 bits per heavy atom. The Morgan fingerprint density at radius 1 is 1.39 bits per heavy atom. The fourth-order valence-electron chi connectivity index (χ4n) is 2.05. The normalized spacial score (nSPS) is 10.3. The van der Waals surface area contributed by atoms with Crippen molar-refractivity contribution < 1.29 is 23.8 Å². The van der Waals surface area contributed by atoms with Gasteiger partial charge in [-0.1, -0.05) is 17.7 Å². The van der Waals surface area contributed by atoms with Crippen LogP contribution < -0.4 is 10.1 Å². The van der Waals surface area contributed by atoms with E-state index in [2.05, 4.69) is 5.32 Å². The second-order valence-corrected chi connectivity index (χ2v) is 5.29. The number of halogens is 1. The lowest BCUT2D eigenvalue weighted by atomic mass is 10.1. The lowest BCUT2D eigenvalue weighted by Gasteiger charge is -2.08. The molecule has 1 aromatic carbocycles. The summed E-state index contributed by atoms with van der Waals surface area (Å²) in [5.74, 6) is -0.694. The highest BCUT2D eigenvalue weighted by atomic mass is 35.5. The lowest BCUT2D eigenvalue weighted by Crippen LogP contribution is -2.29. The fraction of sp³-hybridized carbons (Fsp3) is 0.250. The van der Waals surface area contributed by atoms with Gasteiger partial charge in [-0.25, -0.2) is 0 Å². The molecule has 0 saturated carbocycles. The highest BCUT2D eigenvalue weighted by Crippen LogP contribution is 2.18. The average molecular weight is 338 g/mol.